The van der Waals surface area contributed by atoms with Crippen molar-refractivity contribution < 1.29 is 9.90 Å². The number of allylic oxidation sites excluding steroid dienone is 1. The molecule has 24 heavy (non-hydrogen) atoms. The Labute approximate surface area is 140 Å². The number of fused-ring (bicyclic) bond motifs is 3. The second-order valence-electron chi connectivity index (χ2n) is 6.66. The van der Waals surface area contributed by atoms with Gasteiger partial charge in [-0.15, -0.1) is 0 Å². The molecule has 0 radical (unpaired) electrons. The lowest BCUT2D eigenvalue weighted by Gasteiger charge is -2.40. The maximum Gasteiger partial charge on any atom is 0.170 e. The molecule has 1 unspecified atom stereocenters. The van der Waals surface area contributed by atoms with Crippen molar-refractivity contribution in [3.8, 4) is 5.75 Å². The predicted octanol–water partition coefficient (Wildman–Crippen LogP) is 4.37. The van der Waals surface area contributed by atoms with E-state index in [0.29, 0.717) is 18.6 Å². The average Bonchev–Trinajstić information content (AvgIpc) is 2.63. The van der Waals surface area contributed by atoms with Gasteiger partial charge >= 0.3 is 0 Å². The molecule has 0 heterocycles. The number of rotatable bonds is 0. The van der Waals surface area contributed by atoms with Gasteiger partial charge in [-0.25, -0.2) is 0 Å². The number of phenolic OH excluding ortho intramolecular Hbond substituents is 1. The summed E-state index contributed by atoms with van der Waals surface area (Å²) in [4.78, 5) is 13.1. The third-order valence-electron chi connectivity index (χ3n) is 5.59. The number of carbonyl (C=O) groups excluding carboxylic acids is 1. The van der Waals surface area contributed by atoms with Gasteiger partial charge in [0.2, 0.25) is 0 Å². The van der Waals surface area contributed by atoms with E-state index in [1.165, 1.54) is 0 Å². The molecule has 0 amide bonds. The molecular formula is C22H16O2. The maximum atomic E-state index is 13.1. The van der Waals surface area contributed by atoms with Gasteiger partial charge in [0.15, 0.2) is 5.78 Å². The highest BCUT2D eigenvalue weighted by atomic mass is 16.3. The second kappa shape index (κ2) is 4.57. The summed E-state index contributed by atoms with van der Waals surface area (Å²) >= 11 is 0. The smallest absolute Gasteiger partial charge is 0.170 e. The molecule has 0 aliphatic heterocycles. The van der Waals surface area contributed by atoms with Crippen LogP contribution in [0.3, 0.4) is 0 Å². The summed E-state index contributed by atoms with van der Waals surface area (Å²) in [5.41, 5.74) is 3.55. The van der Waals surface area contributed by atoms with Crippen LogP contribution in [0.4, 0.5) is 0 Å². The third-order valence-corrected chi connectivity index (χ3v) is 5.59. The van der Waals surface area contributed by atoms with E-state index in [0.717, 1.165) is 33.0 Å². The standard InChI is InChI=1S/C22H16O2/c23-19-10-8-15-5-3-7-18-21(15)16(19)12-13-22(18)17-6-2-1-4-14(17)9-11-20(22)24/h1-11,23H,12-13H2. The molecular weight excluding hydrogens is 296 g/mol. The van der Waals surface area contributed by atoms with Crippen molar-refractivity contribution in [1.29, 1.82) is 0 Å². The van der Waals surface area contributed by atoms with Crippen LogP contribution in [0.25, 0.3) is 16.8 Å². The van der Waals surface area contributed by atoms with E-state index in [4.69, 9.17) is 0 Å². The number of phenols is 1. The monoisotopic (exact) mass is 312 g/mol. The summed E-state index contributed by atoms with van der Waals surface area (Å²) in [6, 6.07) is 18.0. The number of aryl methyl sites for hydroxylation is 1. The Kier molecular flexibility index (Phi) is 2.58. The molecule has 2 aliphatic carbocycles. The first kappa shape index (κ1) is 13.6. The van der Waals surface area contributed by atoms with Crippen molar-refractivity contribution in [2.24, 2.45) is 0 Å². The van der Waals surface area contributed by atoms with Gasteiger partial charge in [-0.2, -0.15) is 0 Å². The molecule has 0 fully saturated rings. The summed E-state index contributed by atoms with van der Waals surface area (Å²) in [7, 11) is 0. The largest absolute Gasteiger partial charge is 0.508 e. The molecule has 3 aromatic carbocycles. The summed E-state index contributed by atoms with van der Waals surface area (Å²) in [5.74, 6) is 0.472. The lowest BCUT2D eigenvalue weighted by Crippen LogP contribution is -2.41. The maximum absolute atomic E-state index is 13.1. The van der Waals surface area contributed by atoms with Gasteiger partial charge in [-0.3, -0.25) is 4.79 Å². The number of aromatic hydroxyl groups is 1. The van der Waals surface area contributed by atoms with Gasteiger partial charge in [-0.1, -0.05) is 54.6 Å². The molecule has 0 bridgehead atoms. The van der Waals surface area contributed by atoms with Crippen molar-refractivity contribution in [3.05, 3.63) is 82.9 Å². The van der Waals surface area contributed by atoms with Crippen LogP contribution in [0.5, 0.6) is 5.75 Å². The van der Waals surface area contributed by atoms with Crippen LogP contribution in [0.1, 0.15) is 28.7 Å². The lowest BCUT2D eigenvalue weighted by atomic mass is 9.61. The number of carbonyl (C=O) groups is 1. The molecule has 5 rings (SSSR count). The Balaban J connectivity index is 1.94. The zero-order chi connectivity index (χ0) is 16.3. The van der Waals surface area contributed by atoms with Gasteiger partial charge < -0.3 is 5.11 Å². The van der Waals surface area contributed by atoms with Crippen LogP contribution in [0.2, 0.25) is 0 Å². The van der Waals surface area contributed by atoms with Crippen LogP contribution in [-0.4, -0.2) is 10.9 Å². The Bertz CT molecular complexity index is 1050. The first-order chi connectivity index (χ1) is 11.7. The summed E-state index contributed by atoms with van der Waals surface area (Å²) < 4.78 is 0. The highest BCUT2D eigenvalue weighted by Crippen LogP contribution is 2.50. The van der Waals surface area contributed by atoms with Gasteiger partial charge in [0, 0.05) is 5.56 Å². The molecule has 116 valence electrons. The van der Waals surface area contributed by atoms with E-state index in [-0.39, 0.29) is 5.78 Å². The second-order valence-corrected chi connectivity index (χ2v) is 6.66. The number of hydrogen-bond donors (Lipinski definition) is 1. The number of hydrogen-bond acceptors (Lipinski definition) is 2. The summed E-state index contributed by atoms with van der Waals surface area (Å²) in [6.07, 6.45) is 5.03. The van der Waals surface area contributed by atoms with Gasteiger partial charge in [0.05, 0.1) is 5.41 Å². The Morgan fingerprint density at radius 2 is 1.71 bits per heavy atom. The molecule has 0 saturated heterocycles. The van der Waals surface area contributed by atoms with E-state index < -0.39 is 5.41 Å². The molecule has 0 aromatic heterocycles. The fourth-order valence-corrected chi connectivity index (χ4v) is 4.51. The van der Waals surface area contributed by atoms with Crippen molar-refractivity contribution in [2.75, 3.05) is 0 Å². The fourth-order valence-electron chi connectivity index (χ4n) is 4.51. The van der Waals surface area contributed by atoms with Crippen LogP contribution in [0.15, 0.2) is 60.7 Å². The van der Waals surface area contributed by atoms with Gasteiger partial charge in [0.1, 0.15) is 5.75 Å². The van der Waals surface area contributed by atoms with Crippen molar-refractivity contribution >= 4 is 22.6 Å². The van der Waals surface area contributed by atoms with Crippen molar-refractivity contribution in [1.82, 2.24) is 0 Å². The molecule has 1 spiro atoms. The van der Waals surface area contributed by atoms with Crippen LogP contribution < -0.4 is 0 Å². The molecule has 3 aromatic rings. The first-order valence-corrected chi connectivity index (χ1v) is 8.28. The van der Waals surface area contributed by atoms with Crippen LogP contribution >= 0.6 is 0 Å². The zero-order valence-electron chi connectivity index (χ0n) is 13.1. The molecule has 0 saturated carbocycles. The minimum Gasteiger partial charge on any atom is -0.508 e. The Morgan fingerprint density at radius 3 is 2.62 bits per heavy atom. The Hall–Kier alpha value is -2.87. The quantitative estimate of drug-likeness (QED) is 0.669. The molecule has 2 heteroatoms. The molecule has 2 aliphatic rings. The van der Waals surface area contributed by atoms with Crippen molar-refractivity contribution in [3.63, 3.8) is 0 Å². The summed E-state index contributed by atoms with van der Waals surface area (Å²) in [6.45, 7) is 0. The predicted molar refractivity (Wildman–Crippen MR) is 95.2 cm³/mol. The highest BCUT2D eigenvalue weighted by Gasteiger charge is 2.46. The fraction of sp³-hybridized carbons (Fsp3) is 0.136. The van der Waals surface area contributed by atoms with Gasteiger partial charge in [0.25, 0.3) is 0 Å². The summed E-state index contributed by atoms with van der Waals surface area (Å²) in [5, 5.41) is 12.4. The Morgan fingerprint density at radius 1 is 0.875 bits per heavy atom. The molecule has 2 nitrogen and oxygen atoms in total. The zero-order valence-corrected chi connectivity index (χ0v) is 13.1. The normalized spacial score (nSPS) is 21.2. The molecule has 1 atom stereocenters. The van der Waals surface area contributed by atoms with Crippen LogP contribution in [-0.2, 0) is 16.6 Å². The number of ketones is 1. The SMILES string of the molecule is O=C1C=Cc2ccccc2C12CCc1c(O)ccc3cccc2c13. The van der Waals surface area contributed by atoms with E-state index in [2.05, 4.69) is 24.3 Å². The third kappa shape index (κ3) is 1.53. The highest BCUT2D eigenvalue weighted by molar-refractivity contribution is 6.11. The van der Waals surface area contributed by atoms with E-state index in [9.17, 15) is 9.90 Å². The minimum absolute atomic E-state index is 0.141. The first-order valence-electron chi connectivity index (χ1n) is 8.28. The average molecular weight is 312 g/mol. The van der Waals surface area contributed by atoms with E-state index in [1.54, 1.807) is 12.1 Å². The van der Waals surface area contributed by atoms with Gasteiger partial charge in [-0.05, 0) is 52.4 Å². The van der Waals surface area contributed by atoms with Crippen LogP contribution in [0, 0.1) is 0 Å². The minimum atomic E-state index is -0.633. The van der Waals surface area contributed by atoms with Crippen molar-refractivity contribution in [2.45, 2.75) is 18.3 Å². The number of benzene rings is 3. The lowest BCUT2D eigenvalue weighted by molar-refractivity contribution is -0.118. The topological polar surface area (TPSA) is 37.3 Å². The van der Waals surface area contributed by atoms with E-state index >= 15 is 0 Å². The molecule has 1 N–H and O–H groups in total. The van der Waals surface area contributed by atoms with E-state index in [1.807, 2.05) is 30.3 Å².